The molecule has 0 radical (unpaired) electrons. The van der Waals surface area contributed by atoms with Crippen molar-refractivity contribution in [2.45, 2.75) is 83.6 Å². The number of hydrogen-bond acceptors (Lipinski definition) is 5. The molecule has 0 aromatic rings. The van der Waals surface area contributed by atoms with E-state index in [1.165, 1.54) is 13.0 Å². The Kier molecular flexibility index (Phi) is 5.94. The van der Waals surface area contributed by atoms with E-state index in [-0.39, 0.29) is 31.3 Å². The average Bonchev–Trinajstić information content (AvgIpc) is 2.99. The Balaban J connectivity index is 1.85. The fraction of sp³-hybridized carbons (Fsp3) is 0.731. The fourth-order valence-electron chi connectivity index (χ4n) is 8.01. The number of carbonyl (C=O) groups is 3. The standard InChI is InChI=1S/C26H33F3O5/c1-5-6-21(33)34-26(20(32)13-27)14(2)11-17-15-7-8-16-22(28)18(30)9-10-23(16,3)25(15,29)19(31)12-24(17,26)4/h9-10,14-15,17,19,31H,5-8,11-13H2,1-4H3/t14-,15-,17-,19-,23-,24-,25-,26-/m0/s1. The Labute approximate surface area is 197 Å². The summed E-state index contributed by atoms with van der Waals surface area (Å²) >= 11 is 0. The van der Waals surface area contributed by atoms with Gasteiger partial charge in [0.05, 0.1) is 6.10 Å². The molecule has 4 aliphatic carbocycles. The van der Waals surface area contributed by atoms with Crippen molar-refractivity contribution in [2.75, 3.05) is 6.67 Å². The first kappa shape index (κ1) is 25.1. The van der Waals surface area contributed by atoms with Crippen molar-refractivity contribution in [1.82, 2.24) is 0 Å². The monoisotopic (exact) mass is 482 g/mol. The van der Waals surface area contributed by atoms with Crippen LogP contribution in [0.4, 0.5) is 13.2 Å². The minimum atomic E-state index is -2.30. The van der Waals surface area contributed by atoms with Crippen LogP contribution in [0.25, 0.3) is 0 Å². The second-order valence-corrected chi connectivity index (χ2v) is 11.0. The highest BCUT2D eigenvalue weighted by Gasteiger charge is 2.77. The molecule has 3 saturated carbocycles. The van der Waals surface area contributed by atoms with E-state index in [1.807, 2.05) is 0 Å². The Bertz CT molecular complexity index is 991. The van der Waals surface area contributed by atoms with E-state index in [0.29, 0.717) is 12.8 Å². The predicted molar refractivity (Wildman–Crippen MR) is 118 cm³/mol. The molecule has 0 saturated heterocycles. The van der Waals surface area contributed by atoms with E-state index in [9.17, 15) is 28.3 Å². The van der Waals surface area contributed by atoms with Crippen molar-refractivity contribution < 1.29 is 37.4 Å². The zero-order valence-electron chi connectivity index (χ0n) is 20.1. The largest absolute Gasteiger partial charge is 0.450 e. The van der Waals surface area contributed by atoms with Crippen LogP contribution in [0.3, 0.4) is 0 Å². The number of allylic oxidation sites excluding steroid dienone is 4. The summed E-state index contributed by atoms with van der Waals surface area (Å²) < 4.78 is 51.7. The van der Waals surface area contributed by atoms with Gasteiger partial charge in [0.25, 0.3) is 0 Å². The molecule has 188 valence electrons. The summed E-state index contributed by atoms with van der Waals surface area (Å²) in [5.74, 6) is -5.20. The van der Waals surface area contributed by atoms with Crippen LogP contribution in [-0.4, -0.2) is 46.7 Å². The number of ketones is 2. The molecule has 34 heavy (non-hydrogen) atoms. The molecule has 0 spiro atoms. The van der Waals surface area contributed by atoms with Crippen molar-refractivity contribution in [2.24, 2.45) is 28.6 Å². The lowest BCUT2D eigenvalue weighted by Crippen LogP contribution is -2.70. The van der Waals surface area contributed by atoms with Gasteiger partial charge in [0.1, 0.15) is 0 Å². The summed E-state index contributed by atoms with van der Waals surface area (Å²) in [6.07, 6.45) is 1.58. The molecule has 0 heterocycles. The number of aliphatic hydroxyl groups excluding tert-OH is 1. The molecule has 0 unspecified atom stereocenters. The highest BCUT2D eigenvalue weighted by Crippen LogP contribution is 2.71. The SMILES string of the molecule is CCCC(=O)O[C@]1(C(=O)CF)[C@@H](C)C[C@H]2[C@@H]3CCC4=C(F)C(=O)C=C[C@]4(C)[C@@]3(F)[C@@H](O)C[C@@]21C. The van der Waals surface area contributed by atoms with Crippen LogP contribution in [0, 0.1) is 28.6 Å². The van der Waals surface area contributed by atoms with Gasteiger partial charge in [-0.3, -0.25) is 14.4 Å². The first-order valence-electron chi connectivity index (χ1n) is 12.2. The number of alkyl halides is 2. The van der Waals surface area contributed by atoms with E-state index < -0.39 is 76.0 Å². The second kappa shape index (κ2) is 8.04. The minimum absolute atomic E-state index is 0.0490. The van der Waals surface area contributed by atoms with Gasteiger partial charge in [-0.1, -0.05) is 26.8 Å². The molecule has 3 fully saturated rings. The van der Waals surface area contributed by atoms with Crippen molar-refractivity contribution in [3.05, 3.63) is 23.6 Å². The Hall–Kier alpha value is -1.96. The highest BCUT2D eigenvalue weighted by molar-refractivity contribution is 6.04. The molecular weight excluding hydrogens is 449 g/mol. The lowest BCUT2D eigenvalue weighted by atomic mass is 9.44. The molecule has 8 atom stereocenters. The molecule has 1 N–H and O–H groups in total. The predicted octanol–water partition coefficient (Wildman–Crippen LogP) is 4.52. The summed E-state index contributed by atoms with van der Waals surface area (Å²) in [6.45, 7) is 5.34. The zero-order chi connectivity index (χ0) is 25.3. The minimum Gasteiger partial charge on any atom is -0.450 e. The van der Waals surface area contributed by atoms with E-state index in [4.69, 9.17) is 4.74 Å². The fourth-order valence-corrected chi connectivity index (χ4v) is 8.01. The van der Waals surface area contributed by atoms with Crippen molar-refractivity contribution in [3.8, 4) is 0 Å². The smallest absolute Gasteiger partial charge is 0.306 e. The molecule has 4 rings (SSSR count). The van der Waals surface area contributed by atoms with E-state index in [1.54, 1.807) is 20.8 Å². The number of carbonyl (C=O) groups excluding carboxylic acids is 3. The van der Waals surface area contributed by atoms with Crippen LogP contribution in [0.15, 0.2) is 23.6 Å². The third-order valence-electron chi connectivity index (χ3n) is 9.54. The number of hydrogen-bond donors (Lipinski definition) is 1. The van der Waals surface area contributed by atoms with E-state index in [2.05, 4.69) is 0 Å². The average molecular weight is 483 g/mol. The third-order valence-corrected chi connectivity index (χ3v) is 9.54. The van der Waals surface area contributed by atoms with Crippen LogP contribution in [-0.2, 0) is 19.1 Å². The highest BCUT2D eigenvalue weighted by atomic mass is 19.1. The molecular formula is C26H33F3O5. The van der Waals surface area contributed by atoms with Crippen molar-refractivity contribution >= 4 is 17.5 Å². The maximum absolute atomic E-state index is 17.2. The van der Waals surface area contributed by atoms with Gasteiger partial charge in [-0.15, -0.1) is 0 Å². The maximum atomic E-state index is 17.2. The van der Waals surface area contributed by atoms with Crippen molar-refractivity contribution in [1.29, 1.82) is 0 Å². The lowest BCUT2D eigenvalue weighted by molar-refractivity contribution is -0.228. The molecule has 0 bridgehead atoms. The van der Waals surface area contributed by atoms with Gasteiger partial charge in [0, 0.05) is 29.1 Å². The van der Waals surface area contributed by atoms with Gasteiger partial charge in [-0.05, 0) is 56.6 Å². The van der Waals surface area contributed by atoms with Gasteiger partial charge >= 0.3 is 5.97 Å². The second-order valence-electron chi connectivity index (χ2n) is 11.0. The molecule has 0 aromatic heterocycles. The lowest BCUT2D eigenvalue weighted by Gasteiger charge is -2.62. The Morgan fingerprint density at radius 2 is 1.94 bits per heavy atom. The van der Waals surface area contributed by atoms with E-state index >= 15 is 4.39 Å². The van der Waals surface area contributed by atoms with Gasteiger partial charge in [0.2, 0.25) is 11.6 Å². The van der Waals surface area contributed by atoms with Gasteiger partial charge in [0.15, 0.2) is 23.8 Å². The number of fused-ring (bicyclic) bond motifs is 5. The number of esters is 1. The molecule has 0 amide bonds. The zero-order valence-corrected chi connectivity index (χ0v) is 20.1. The third kappa shape index (κ3) is 2.86. The summed E-state index contributed by atoms with van der Waals surface area (Å²) in [7, 11) is 0. The van der Waals surface area contributed by atoms with Gasteiger partial charge in [-0.2, -0.15) is 0 Å². The number of ether oxygens (including phenoxy) is 1. The van der Waals surface area contributed by atoms with Crippen LogP contribution in [0.2, 0.25) is 0 Å². The molecule has 0 aliphatic heterocycles. The number of aliphatic hydroxyl groups is 1. The van der Waals surface area contributed by atoms with Crippen LogP contribution >= 0.6 is 0 Å². The summed E-state index contributed by atoms with van der Waals surface area (Å²) in [6, 6.07) is 0. The van der Waals surface area contributed by atoms with E-state index in [0.717, 1.165) is 6.08 Å². The number of rotatable bonds is 5. The van der Waals surface area contributed by atoms with Gasteiger partial charge in [-0.25, -0.2) is 13.2 Å². The first-order valence-corrected chi connectivity index (χ1v) is 12.2. The molecule has 5 nitrogen and oxygen atoms in total. The summed E-state index contributed by atoms with van der Waals surface area (Å²) in [4.78, 5) is 37.7. The Morgan fingerprint density at radius 1 is 1.26 bits per heavy atom. The first-order chi connectivity index (χ1) is 15.8. The normalized spacial score (nSPS) is 45.5. The van der Waals surface area contributed by atoms with Crippen molar-refractivity contribution in [3.63, 3.8) is 0 Å². The van der Waals surface area contributed by atoms with Crippen LogP contribution in [0.5, 0.6) is 0 Å². The quantitative estimate of drug-likeness (QED) is 0.583. The molecule has 0 aromatic carbocycles. The van der Waals surface area contributed by atoms with Crippen LogP contribution in [0.1, 0.15) is 66.2 Å². The molecule has 8 heteroatoms. The number of Topliss-reactive ketones (excluding diaryl/α,β-unsaturated/α-hetero) is 1. The topological polar surface area (TPSA) is 80.7 Å². The maximum Gasteiger partial charge on any atom is 0.306 e. The molecule has 4 aliphatic rings. The Morgan fingerprint density at radius 3 is 2.56 bits per heavy atom. The van der Waals surface area contributed by atoms with Crippen LogP contribution < -0.4 is 0 Å². The van der Waals surface area contributed by atoms with Gasteiger partial charge < -0.3 is 9.84 Å². The summed E-state index contributed by atoms with van der Waals surface area (Å²) in [5.41, 5.74) is -6.81. The number of halogens is 3. The summed E-state index contributed by atoms with van der Waals surface area (Å²) in [5, 5.41) is 11.4.